The molecule has 14 heavy (non-hydrogen) atoms. The van der Waals surface area contributed by atoms with Gasteiger partial charge in [0.2, 0.25) is 0 Å². The Balaban J connectivity index is 4.09. The molecule has 0 bridgehead atoms. The van der Waals surface area contributed by atoms with Crippen molar-refractivity contribution in [2.75, 3.05) is 6.54 Å². The summed E-state index contributed by atoms with van der Waals surface area (Å²) in [6.45, 7) is -0.116. The van der Waals surface area contributed by atoms with Crippen LogP contribution in [0.1, 0.15) is 12.8 Å². The largest absolute Gasteiger partial charge is 0.550 e. The fourth-order valence-electron chi connectivity index (χ4n) is 0.778. The van der Waals surface area contributed by atoms with E-state index in [0.29, 0.717) is 0 Å². The highest BCUT2D eigenvalue weighted by Gasteiger charge is 2.12. The molecule has 0 saturated carbocycles. The number of hydrogen-bond acceptors (Lipinski definition) is 5. The van der Waals surface area contributed by atoms with E-state index in [-0.39, 0.29) is 13.0 Å². The van der Waals surface area contributed by atoms with Gasteiger partial charge in [-0.3, -0.25) is 4.79 Å². The van der Waals surface area contributed by atoms with Crippen LogP contribution in [0.15, 0.2) is 0 Å². The number of aliphatic carboxylic acids is 2. The summed E-state index contributed by atoms with van der Waals surface area (Å²) in [5.41, 5.74) is 3.24. The van der Waals surface area contributed by atoms with Crippen LogP contribution < -0.4 is 21.3 Å². The van der Waals surface area contributed by atoms with Crippen LogP contribution in [0, 0.1) is 0 Å². The fraction of sp³-hybridized carbons (Fsp3) is 0.571. The van der Waals surface area contributed by atoms with Crippen LogP contribution in [0.3, 0.4) is 0 Å². The molecule has 0 aromatic heterocycles. The van der Waals surface area contributed by atoms with Gasteiger partial charge in [0.15, 0.2) is 6.54 Å². The molecule has 7 nitrogen and oxygen atoms in total. The predicted octanol–water partition coefficient (Wildman–Crippen LogP) is -5.01. The lowest BCUT2D eigenvalue weighted by atomic mass is 10.1. The van der Waals surface area contributed by atoms with Gasteiger partial charge in [0.1, 0.15) is 0 Å². The van der Waals surface area contributed by atoms with Gasteiger partial charge >= 0.3 is 0 Å². The van der Waals surface area contributed by atoms with Crippen LogP contribution in [-0.2, 0) is 14.4 Å². The number of carboxylic acids is 2. The molecule has 7 heteroatoms. The van der Waals surface area contributed by atoms with Crippen molar-refractivity contribution in [3.05, 3.63) is 0 Å². The second kappa shape index (κ2) is 5.92. The average Bonchev–Trinajstić information content (AvgIpc) is 2.10. The Morgan fingerprint density at radius 2 is 1.86 bits per heavy atom. The molecule has 1 amide bonds. The third-order valence-corrected chi connectivity index (χ3v) is 1.48. The highest BCUT2D eigenvalue weighted by Crippen LogP contribution is 1.95. The highest BCUT2D eigenvalue weighted by molar-refractivity contribution is 5.83. The summed E-state index contributed by atoms with van der Waals surface area (Å²) in [5.74, 6) is -3.47. The molecule has 0 unspecified atom stereocenters. The SMILES string of the molecule is [NH3+]CC(=O)N[C@H](CCC(=O)[O-])C(=O)[O-]. The number of carbonyl (C=O) groups is 3. The maximum absolute atomic E-state index is 10.7. The maximum atomic E-state index is 10.7. The summed E-state index contributed by atoms with van der Waals surface area (Å²) in [6.07, 6.45) is -0.702. The maximum Gasteiger partial charge on any atom is 0.275 e. The van der Waals surface area contributed by atoms with Gasteiger partial charge in [-0.2, -0.15) is 0 Å². The van der Waals surface area contributed by atoms with Crippen molar-refractivity contribution >= 4 is 17.8 Å². The number of hydrogen-bond donors (Lipinski definition) is 2. The molecule has 0 aromatic rings. The zero-order valence-corrected chi connectivity index (χ0v) is 7.45. The number of rotatable bonds is 6. The second-order valence-corrected chi connectivity index (χ2v) is 2.60. The number of carbonyl (C=O) groups excluding carboxylic acids is 3. The van der Waals surface area contributed by atoms with Crippen LogP contribution in [-0.4, -0.2) is 30.4 Å². The zero-order valence-electron chi connectivity index (χ0n) is 7.45. The van der Waals surface area contributed by atoms with Gasteiger partial charge < -0.3 is 30.9 Å². The summed E-state index contributed by atoms with van der Waals surface area (Å²) >= 11 is 0. The second-order valence-electron chi connectivity index (χ2n) is 2.60. The molecule has 0 aromatic carbocycles. The minimum Gasteiger partial charge on any atom is -0.550 e. The lowest BCUT2D eigenvalue weighted by Crippen LogP contribution is -2.60. The first-order valence-electron chi connectivity index (χ1n) is 3.96. The van der Waals surface area contributed by atoms with Crippen molar-refractivity contribution in [1.29, 1.82) is 0 Å². The van der Waals surface area contributed by atoms with Crippen molar-refractivity contribution in [3.63, 3.8) is 0 Å². The Bertz CT molecular complexity index is 240. The van der Waals surface area contributed by atoms with Gasteiger partial charge in [0.25, 0.3) is 5.91 Å². The van der Waals surface area contributed by atoms with E-state index in [2.05, 4.69) is 11.1 Å². The van der Waals surface area contributed by atoms with Crippen LogP contribution in [0.2, 0.25) is 0 Å². The van der Waals surface area contributed by atoms with Gasteiger partial charge in [0.05, 0.1) is 12.0 Å². The van der Waals surface area contributed by atoms with Crippen molar-refractivity contribution in [2.24, 2.45) is 0 Å². The smallest absolute Gasteiger partial charge is 0.275 e. The number of quaternary nitrogens is 1. The molecule has 0 aliphatic carbocycles. The molecule has 0 rings (SSSR count). The van der Waals surface area contributed by atoms with E-state index >= 15 is 0 Å². The Kier molecular flexibility index (Phi) is 5.23. The average molecular weight is 203 g/mol. The van der Waals surface area contributed by atoms with Crippen LogP contribution in [0.25, 0.3) is 0 Å². The molecule has 4 N–H and O–H groups in total. The fourth-order valence-corrected chi connectivity index (χ4v) is 0.778. The first-order valence-corrected chi connectivity index (χ1v) is 3.96. The van der Waals surface area contributed by atoms with Crippen molar-refractivity contribution < 1.29 is 30.3 Å². The minimum atomic E-state index is -1.52. The molecule has 0 radical (unpaired) electrons. The summed E-state index contributed by atoms with van der Waals surface area (Å²) in [4.78, 5) is 31.2. The topological polar surface area (TPSA) is 137 Å². The van der Waals surface area contributed by atoms with E-state index < -0.39 is 30.3 Å². The van der Waals surface area contributed by atoms with Crippen LogP contribution >= 0.6 is 0 Å². The first kappa shape index (κ1) is 12.4. The third kappa shape index (κ3) is 5.09. The van der Waals surface area contributed by atoms with E-state index in [1.54, 1.807) is 0 Å². The first-order chi connectivity index (χ1) is 6.47. The minimum absolute atomic E-state index is 0.116. The number of amides is 1. The highest BCUT2D eigenvalue weighted by atomic mass is 16.4. The van der Waals surface area contributed by atoms with Gasteiger partial charge in [-0.05, 0) is 12.8 Å². The molecule has 0 aliphatic heterocycles. The standard InChI is InChI=1S/C7H12N2O5/c8-3-5(10)9-4(7(13)14)1-2-6(11)12/h4H,1-3,8H2,(H,9,10)(H,11,12)(H,13,14)/p-1/t4-/m1/s1. The number of nitrogens with one attached hydrogen (secondary N) is 1. The third-order valence-electron chi connectivity index (χ3n) is 1.48. The predicted molar refractivity (Wildman–Crippen MR) is 38.9 cm³/mol. The Labute approximate surface area is 79.9 Å². The summed E-state index contributed by atoms with van der Waals surface area (Å²) in [5, 5.41) is 22.5. The van der Waals surface area contributed by atoms with E-state index in [4.69, 9.17) is 0 Å². The molecule has 0 spiro atoms. The van der Waals surface area contributed by atoms with Crippen LogP contribution in [0.5, 0.6) is 0 Å². The van der Waals surface area contributed by atoms with Gasteiger partial charge in [-0.15, -0.1) is 0 Å². The molecular weight excluding hydrogens is 192 g/mol. The molecule has 0 heterocycles. The van der Waals surface area contributed by atoms with Gasteiger partial charge in [0, 0.05) is 5.97 Å². The lowest BCUT2D eigenvalue weighted by Gasteiger charge is -2.18. The quantitative estimate of drug-likeness (QED) is 0.445. The summed E-state index contributed by atoms with van der Waals surface area (Å²) in [6, 6.07) is -1.30. The normalized spacial score (nSPS) is 11.8. The zero-order chi connectivity index (χ0) is 11.1. The van der Waals surface area contributed by atoms with E-state index in [1.165, 1.54) is 0 Å². The van der Waals surface area contributed by atoms with Gasteiger partial charge in [-0.25, -0.2) is 0 Å². The van der Waals surface area contributed by atoms with E-state index in [0.717, 1.165) is 0 Å². The molecular formula is C7H11N2O5-. The molecule has 0 saturated heterocycles. The van der Waals surface area contributed by atoms with E-state index in [1.807, 2.05) is 0 Å². The Morgan fingerprint density at radius 3 is 2.21 bits per heavy atom. The summed E-state index contributed by atoms with van der Waals surface area (Å²) in [7, 11) is 0. The lowest BCUT2D eigenvalue weighted by molar-refractivity contribution is -0.355. The van der Waals surface area contributed by atoms with Crippen molar-refractivity contribution in [1.82, 2.24) is 5.32 Å². The summed E-state index contributed by atoms with van der Waals surface area (Å²) < 4.78 is 0. The van der Waals surface area contributed by atoms with E-state index in [9.17, 15) is 24.6 Å². The van der Waals surface area contributed by atoms with Crippen molar-refractivity contribution in [2.45, 2.75) is 18.9 Å². The molecule has 0 aliphatic rings. The molecule has 1 atom stereocenters. The number of carboxylic acid groups (broad SMARTS) is 2. The Hall–Kier alpha value is -1.63. The molecule has 80 valence electrons. The van der Waals surface area contributed by atoms with Crippen LogP contribution in [0.4, 0.5) is 0 Å². The van der Waals surface area contributed by atoms with Crippen molar-refractivity contribution in [3.8, 4) is 0 Å². The van der Waals surface area contributed by atoms with Gasteiger partial charge in [-0.1, -0.05) is 0 Å². The Morgan fingerprint density at radius 1 is 1.29 bits per heavy atom. The monoisotopic (exact) mass is 203 g/mol. The molecule has 0 fully saturated rings.